The zero-order valence-electron chi connectivity index (χ0n) is 48.8. The summed E-state index contributed by atoms with van der Waals surface area (Å²) in [7, 11) is 0. The maximum Gasteiger partial charge on any atom is 0.0541 e. The van der Waals surface area contributed by atoms with E-state index >= 15 is 0 Å². The van der Waals surface area contributed by atoms with Gasteiger partial charge in [0.1, 0.15) is 0 Å². The van der Waals surface area contributed by atoms with Crippen LogP contribution in [0.25, 0.3) is 180 Å². The van der Waals surface area contributed by atoms with E-state index in [1.807, 2.05) is 11.3 Å². The molecule has 19 rings (SSSR count). The monoisotopic (exact) mass is 1160 g/mol. The second kappa shape index (κ2) is 20.0. The number of hydrogen-bond donors (Lipinski definition) is 0. The highest BCUT2D eigenvalue weighted by atomic mass is 32.1. The minimum atomic E-state index is 1.14. The molecule has 0 fully saturated rings. The predicted molar refractivity (Wildman–Crippen MR) is 385 cm³/mol. The van der Waals surface area contributed by atoms with Gasteiger partial charge in [-0.25, -0.2) is 0 Å². The van der Waals surface area contributed by atoms with E-state index in [9.17, 15) is 0 Å². The van der Waals surface area contributed by atoms with E-state index in [1.165, 1.54) is 168 Å². The third-order valence-corrected chi connectivity index (χ3v) is 20.2. The van der Waals surface area contributed by atoms with Crippen molar-refractivity contribution in [3.05, 3.63) is 322 Å². The van der Waals surface area contributed by atoms with Crippen LogP contribution in [0.1, 0.15) is 0 Å². The molecule has 0 bridgehead atoms. The second-order valence-corrected chi connectivity index (χ2v) is 25.1. The number of nitrogens with zero attached hydrogens (tertiary/aromatic N) is 3. The van der Waals surface area contributed by atoms with Gasteiger partial charge >= 0.3 is 0 Å². The van der Waals surface area contributed by atoms with Gasteiger partial charge in [0.15, 0.2) is 0 Å². The molecule has 90 heavy (non-hydrogen) atoms. The molecule has 4 aromatic heterocycles. The van der Waals surface area contributed by atoms with Gasteiger partial charge in [0, 0.05) is 69.6 Å². The fourth-order valence-corrected chi connectivity index (χ4v) is 15.7. The topological polar surface area (TPSA) is 14.8 Å². The first-order valence-electron chi connectivity index (χ1n) is 30.9. The van der Waals surface area contributed by atoms with Gasteiger partial charge in [-0.1, -0.05) is 200 Å². The van der Waals surface area contributed by atoms with Gasteiger partial charge in [-0.15, -0.1) is 11.3 Å². The number of aromatic nitrogens is 3. The molecule has 0 saturated heterocycles. The first-order valence-corrected chi connectivity index (χ1v) is 31.8. The van der Waals surface area contributed by atoms with Crippen molar-refractivity contribution in [1.29, 1.82) is 0 Å². The molecule has 0 aliphatic carbocycles. The second-order valence-electron chi connectivity index (χ2n) is 24.0. The molecule has 0 spiro atoms. The van der Waals surface area contributed by atoms with Crippen LogP contribution < -0.4 is 0 Å². The molecule has 15 aromatic carbocycles. The Labute approximate surface area is 523 Å². The molecule has 4 heteroatoms. The summed E-state index contributed by atoms with van der Waals surface area (Å²) in [6.45, 7) is 0. The number of fused-ring (bicyclic) bond motifs is 15. The van der Waals surface area contributed by atoms with Crippen molar-refractivity contribution >= 4 is 118 Å². The Morgan fingerprint density at radius 1 is 0.167 bits per heavy atom. The van der Waals surface area contributed by atoms with Crippen molar-refractivity contribution in [2.75, 3.05) is 0 Å². The van der Waals surface area contributed by atoms with Gasteiger partial charge in [0.25, 0.3) is 0 Å². The molecule has 0 aliphatic heterocycles. The molecule has 3 nitrogen and oxygen atoms in total. The molecule has 0 N–H and O–H groups in total. The van der Waals surface area contributed by atoms with E-state index in [2.05, 4.69) is 335 Å². The van der Waals surface area contributed by atoms with Gasteiger partial charge in [-0.05, 0) is 199 Å². The number of benzene rings is 15. The molecule has 19 aromatic rings. The van der Waals surface area contributed by atoms with Crippen LogP contribution in [0.3, 0.4) is 0 Å². The summed E-state index contributed by atoms with van der Waals surface area (Å²) in [4.78, 5) is 0. The lowest BCUT2D eigenvalue weighted by molar-refractivity contribution is 1.18. The first kappa shape index (κ1) is 50.6. The minimum Gasteiger partial charge on any atom is -0.309 e. The van der Waals surface area contributed by atoms with Crippen LogP contribution >= 0.6 is 11.3 Å². The summed E-state index contributed by atoms with van der Waals surface area (Å²) < 4.78 is 9.87. The average molecular weight is 1160 g/mol. The van der Waals surface area contributed by atoms with E-state index in [0.717, 1.165) is 11.4 Å². The van der Waals surface area contributed by atoms with Crippen LogP contribution in [0.2, 0.25) is 0 Å². The molecule has 0 atom stereocenters. The molecular weight excluding hydrogens is 1110 g/mol. The highest BCUT2D eigenvalue weighted by molar-refractivity contribution is 7.25. The lowest BCUT2D eigenvalue weighted by atomic mass is 9.95. The maximum absolute atomic E-state index is 2.44. The summed E-state index contributed by atoms with van der Waals surface area (Å²) in [5, 5.41) is 15.1. The van der Waals surface area contributed by atoms with Crippen molar-refractivity contribution in [2.24, 2.45) is 0 Å². The van der Waals surface area contributed by atoms with Gasteiger partial charge in [-0.3, -0.25) is 0 Å². The normalized spacial score (nSPS) is 12.0. The summed E-state index contributed by atoms with van der Waals surface area (Å²) in [5.41, 5.74) is 22.8. The molecule has 418 valence electrons. The van der Waals surface area contributed by atoms with Crippen LogP contribution in [-0.2, 0) is 0 Å². The van der Waals surface area contributed by atoms with Crippen LogP contribution in [0.4, 0.5) is 0 Å². The average Bonchev–Trinajstić information content (AvgIpc) is 1.68. The molecule has 0 amide bonds. The molecule has 0 radical (unpaired) electrons. The highest BCUT2D eigenvalue weighted by Gasteiger charge is 2.19. The van der Waals surface area contributed by atoms with Crippen LogP contribution in [-0.4, -0.2) is 13.7 Å². The summed E-state index contributed by atoms with van der Waals surface area (Å²) in [6, 6.07) is 119. The fraction of sp³-hybridized carbons (Fsp3) is 0. The van der Waals surface area contributed by atoms with Gasteiger partial charge in [-0.2, -0.15) is 0 Å². The van der Waals surface area contributed by atoms with E-state index in [-0.39, 0.29) is 0 Å². The Kier molecular flexibility index (Phi) is 11.2. The summed E-state index contributed by atoms with van der Waals surface area (Å²) in [5.74, 6) is 0. The lowest BCUT2D eigenvalue weighted by Crippen LogP contribution is -1.94. The summed E-state index contributed by atoms with van der Waals surface area (Å²) >= 11 is 1.87. The van der Waals surface area contributed by atoms with Crippen molar-refractivity contribution < 1.29 is 0 Å². The lowest BCUT2D eigenvalue weighted by Gasteiger charge is -2.12. The Hall–Kier alpha value is -11.6. The fourth-order valence-electron chi connectivity index (χ4n) is 14.7. The smallest absolute Gasteiger partial charge is 0.0541 e. The van der Waals surface area contributed by atoms with Crippen molar-refractivity contribution in [3.8, 4) is 72.7 Å². The maximum atomic E-state index is 2.44. The van der Waals surface area contributed by atoms with Crippen LogP contribution in [0.15, 0.2) is 322 Å². The first-order chi connectivity index (χ1) is 44.6. The van der Waals surface area contributed by atoms with E-state index in [0.29, 0.717) is 0 Å². The largest absolute Gasteiger partial charge is 0.309 e. The Balaban J connectivity index is 0.611. The molecule has 0 unspecified atom stereocenters. The van der Waals surface area contributed by atoms with Crippen molar-refractivity contribution in [2.45, 2.75) is 0 Å². The predicted octanol–water partition coefficient (Wildman–Crippen LogP) is 24.0. The summed E-state index contributed by atoms with van der Waals surface area (Å²) in [6.07, 6.45) is 0. The number of thiophene rings is 1. The molecular formula is C86H53N3S. The highest BCUT2D eigenvalue weighted by Crippen LogP contribution is 2.43. The Morgan fingerprint density at radius 2 is 0.489 bits per heavy atom. The van der Waals surface area contributed by atoms with Gasteiger partial charge in [0.05, 0.1) is 33.1 Å². The Bertz CT molecular complexity index is 6120. The van der Waals surface area contributed by atoms with Crippen LogP contribution in [0.5, 0.6) is 0 Å². The number of rotatable bonds is 8. The van der Waals surface area contributed by atoms with Crippen molar-refractivity contribution in [3.63, 3.8) is 0 Å². The number of hydrogen-bond acceptors (Lipinski definition) is 1. The van der Waals surface area contributed by atoms with E-state index in [4.69, 9.17) is 0 Å². The zero-order valence-corrected chi connectivity index (χ0v) is 49.7. The third kappa shape index (κ3) is 7.98. The third-order valence-electron chi connectivity index (χ3n) is 19.0. The minimum absolute atomic E-state index is 1.14. The molecule has 0 saturated carbocycles. The standard InChI is InChI=1S/C86H53N3S/c1-3-13-54(14-4-1)60-36-45-85-77(52-60)78-53-64(37-46-86(78)90-85)63-34-43-83-75(51-63)71-18-8-11-21-80(71)88(83)67-38-31-56(32-39-67)55-23-25-57(26-24-55)59-29-27-58-28-30-65-47-68(40-41-69(65)73(58)48-59)89-81-22-12-9-19-72(81)76-50-62(35-44-84(76)89)61-33-42-82-74(49-61)70-17-7-10-20-79(70)87(82)66-15-5-2-6-16-66/h1-53H. The van der Waals surface area contributed by atoms with Gasteiger partial charge < -0.3 is 13.7 Å². The SMILES string of the molecule is c1ccc(-c2ccc3sc4ccc(-c5ccc6c(c5)c5ccccc5n6-c5ccc(-c6ccc(-c7ccc8ccc9cc(-n%10c%11ccccc%11c%11cc(-c%12ccc%13c(c%12)c%12ccccc%12n%13-c%12ccccc%12)ccc%11%10)ccc9c8c7)cc6)cc5)cc4c3c2)cc1. The van der Waals surface area contributed by atoms with Crippen LogP contribution in [0, 0.1) is 0 Å². The quantitative estimate of drug-likeness (QED) is 0.135. The van der Waals surface area contributed by atoms with E-state index in [1.54, 1.807) is 0 Å². The zero-order chi connectivity index (χ0) is 59.0. The van der Waals surface area contributed by atoms with E-state index < -0.39 is 0 Å². The van der Waals surface area contributed by atoms with Crippen molar-refractivity contribution in [1.82, 2.24) is 13.7 Å². The number of para-hydroxylation sites is 4. The van der Waals surface area contributed by atoms with Gasteiger partial charge in [0.2, 0.25) is 0 Å². The molecule has 4 heterocycles. The Morgan fingerprint density at radius 3 is 1.01 bits per heavy atom. The molecule has 0 aliphatic rings.